The van der Waals surface area contributed by atoms with E-state index in [1.165, 1.54) is 11.3 Å². The number of rotatable bonds is 3. The first-order valence-electron chi connectivity index (χ1n) is 5.89. The molecule has 4 nitrogen and oxygen atoms in total. The average Bonchev–Trinajstić information content (AvgIpc) is 2.70. The van der Waals surface area contributed by atoms with Crippen LogP contribution in [-0.4, -0.2) is 26.2 Å². The summed E-state index contributed by atoms with van der Waals surface area (Å²) in [6.45, 7) is 3.16. The molecule has 0 saturated heterocycles. The summed E-state index contributed by atoms with van der Waals surface area (Å²) in [7, 11) is 2.07. The van der Waals surface area contributed by atoms with Crippen LogP contribution in [0.25, 0.3) is 0 Å². The Morgan fingerprint density at radius 2 is 2.35 bits per heavy atom. The van der Waals surface area contributed by atoms with E-state index >= 15 is 0 Å². The monoisotopic (exact) mass is 234 g/mol. The maximum absolute atomic E-state index is 11.6. The molecular weight excluding hydrogens is 216 g/mol. The van der Waals surface area contributed by atoms with Gasteiger partial charge in [-0.1, -0.05) is 12.1 Å². The second-order valence-electron chi connectivity index (χ2n) is 4.29. The number of esters is 1. The van der Waals surface area contributed by atoms with Crippen molar-refractivity contribution < 1.29 is 9.53 Å². The summed E-state index contributed by atoms with van der Waals surface area (Å²) in [6.07, 6.45) is 1.01. The van der Waals surface area contributed by atoms with E-state index in [1.54, 1.807) is 6.92 Å². The van der Waals surface area contributed by atoms with Crippen molar-refractivity contribution >= 4 is 11.7 Å². The Bertz CT molecular complexity index is 431. The van der Waals surface area contributed by atoms with Crippen molar-refractivity contribution in [2.24, 2.45) is 5.73 Å². The number of hydrogen-bond acceptors (Lipinski definition) is 4. The van der Waals surface area contributed by atoms with Crippen molar-refractivity contribution in [3.8, 4) is 0 Å². The molecule has 1 aromatic rings. The van der Waals surface area contributed by atoms with E-state index in [1.807, 2.05) is 18.2 Å². The van der Waals surface area contributed by atoms with E-state index in [0.717, 1.165) is 18.5 Å². The summed E-state index contributed by atoms with van der Waals surface area (Å²) < 4.78 is 4.92. The van der Waals surface area contributed by atoms with Gasteiger partial charge in [-0.25, -0.2) is 4.79 Å². The van der Waals surface area contributed by atoms with Gasteiger partial charge in [-0.2, -0.15) is 0 Å². The van der Waals surface area contributed by atoms with Gasteiger partial charge in [0.1, 0.15) is 6.04 Å². The van der Waals surface area contributed by atoms with Crippen LogP contribution in [0, 0.1) is 0 Å². The van der Waals surface area contributed by atoms with Crippen LogP contribution >= 0.6 is 0 Å². The lowest BCUT2D eigenvalue weighted by Crippen LogP contribution is -2.23. The molecule has 92 valence electrons. The van der Waals surface area contributed by atoms with Crippen molar-refractivity contribution in [2.45, 2.75) is 19.4 Å². The molecule has 2 N–H and O–H groups in total. The minimum absolute atomic E-state index is 0.361. The van der Waals surface area contributed by atoms with E-state index in [-0.39, 0.29) is 5.97 Å². The smallest absolute Gasteiger partial charge is 0.327 e. The quantitative estimate of drug-likeness (QED) is 0.799. The van der Waals surface area contributed by atoms with E-state index in [9.17, 15) is 4.79 Å². The van der Waals surface area contributed by atoms with Crippen molar-refractivity contribution in [1.29, 1.82) is 0 Å². The molecule has 2 rings (SSSR count). The highest BCUT2D eigenvalue weighted by atomic mass is 16.5. The van der Waals surface area contributed by atoms with Gasteiger partial charge < -0.3 is 15.4 Å². The van der Waals surface area contributed by atoms with E-state index in [2.05, 4.69) is 11.9 Å². The third-order valence-electron chi connectivity index (χ3n) is 3.13. The first-order chi connectivity index (χ1) is 8.13. The van der Waals surface area contributed by atoms with Crippen LogP contribution in [0.2, 0.25) is 0 Å². The molecule has 0 amide bonds. The lowest BCUT2D eigenvalue weighted by Gasteiger charge is -2.14. The van der Waals surface area contributed by atoms with E-state index in [0.29, 0.717) is 6.61 Å². The van der Waals surface area contributed by atoms with Gasteiger partial charge >= 0.3 is 5.97 Å². The number of nitrogens with zero attached hydrogens (tertiary/aromatic N) is 1. The largest absolute Gasteiger partial charge is 0.465 e. The fourth-order valence-corrected chi connectivity index (χ4v) is 2.15. The fraction of sp³-hybridized carbons (Fsp3) is 0.462. The van der Waals surface area contributed by atoms with Crippen LogP contribution in [0.1, 0.15) is 24.1 Å². The van der Waals surface area contributed by atoms with Crippen molar-refractivity contribution in [1.82, 2.24) is 0 Å². The predicted molar refractivity (Wildman–Crippen MR) is 67.0 cm³/mol. The number of carbonyl (C=O) groups is 1. The average molecular weight is 234 g/mol. The van der Waals surface area contributed by atoms with Gasteiger partial charge in [-0.05, 0) is 30.5 Å². The minimum Gasteiger partial charge on any atom is -0.465 e. The maximum Gasteiger partial charge on any atom is 0.327 e. The number of nitrogens with two attached hydrogens (primary N) is 1. The van der Waals surface area contributed by atoms with E-state index < -0.39 is 6.04 Å². The molecule has 0 fully saturated rings. The molecule has 1 aliphatic heterocycles. The van der Waals surface area contributed by atoms with Crippen LogP contribution in [-0.2, 0) is 16.0 Å². The molecule has 0 aliphatic carbocycles. The second-order valence-corrected chi connectivity index (χ2v) is 4.29. The Hall–Kier alpha value is -1.55. The van der Waals surface area contributed by atoms with Crippen LogP contribution in [0.4, 0.5) is 5.69 Å². The second kappa shape index (κ2) is 4.75. The summed E-state index contributed by atoms with van der Waals surface area (Å²) in [5, 5.41) is 0. The molecule has 1 aliphatic rings. The van der Waals surface area contributed by atoms with Gasteiger partial charge in [-0.3, -0.25) is 0 Å². The number of benzene rings is 1. The standard InChI is InChI=1S/C13H18N2O2/c1-3-17-13(16)12(14)10-4-5-11-9(8-10)6-7-15(11)2/h4-5,8,12H,3,6-7,14H2,1-2H3/t12-/m0/s1. The van der Waals surface area contributed by atoms with Crippen molar-refractivity contribution in [2.75, 3.05) is 25.1 Å². The van der Waals surface area contributed by atoms with Crippen molar-refractivity contribution in [3.05, 3.63) is 29.3 Å². The summed E-state index contributed by atoms with van der Waals surface area (Å²) in [6, 6.07) is 5.27. The van der Waals surface area contributed by atoms with Gasteiger partial charge in [0.05, 0.1) is 6.61 Å². The zero-order valence-corrected chi connectivity index (χ0v) is 10.3. The lowest BCUT2D eigenvalue weighted by molar-refractivity contribution is -0.144. The Morgan fingerprint density at radius 1 is 1.59 bits per heavy atom. The molecule has 0 saturated carbocycles. The number of anilines is 1. The highest BCUT2D eigenvalue weighted by Crippen LogP contribution is 2.29. The Morgan fingerprint density at radius 3 is 3.06 bits per heavy atom. The highest BCUT2D eigenvalue weighted by molar-refractivity contribution is 5.78. The van der Waals surface area contributed by atoms with Crippen LogP contribution in [0.15, 0.2) is 18.2 Å². The first kappa shape index (κ1) is 11.9. The summed E-state index contributed by atoms with van der Waals surface area (Å²) in [4.78, 5) is 13.8. The van der Waals surface area contributed by atoms with E-state index in [4.69, 9.17) is 10.5 Å². The summed E-state index contributed by atoms with van der Waals surface area (Å²) in [5.74, 6) is -0.362. The first-order valence-corrected chi connectivity index (χ1v) is 5.89. The summed E-state index contributed by atoms with van der Waals surface area (Å²) >= 11 is 0. The Balaban J connectivity index is 2.20. The number of hydrogen-bond donors (Lipinski definition) is 1. The zero-order chi connectivity index (χ0) is 12.4. The molecular formula is C13H18N2O2. The molecule has 1 heterocycles. The predicted octanol–water partition coefficient (Wildman–Crippen LogP) is 1.24. The van der Waals surface area contributed by atoms with Gasteiger partial charge in [-0.15, -0.1) is 0 Å². The van der Waals surface area contributed by atoms with Gasteiger partial charge in [0, 0.05) is 19.3 Å². The zero-order valence-electron chi connectivity index (χ0n) is 10.3. The van der Waals surface area contributed by atoms with Gasteiger partial charge in [0.15, 0.2) is 0 Å². The third-order valence-corrected chi connectivity index (χ3v) is 3.13. The number of fused-ring (bicyclic) bond motifs is 1. The molecule has 0 bridgehead atoms. The van der Waals surface area contributed by atoms with Crippen LogP contribution in [0.5, 0.6) is 0 Å². The SMILES string of the molecule is CCOC(=O)[C@@H](N)c1ccc2c(c1)CCN2C. The highest BCUT2D eigenvalue weighted by Gasteiger charge is 2.21. The van der Waals surface area contributed by atoms with Crippen LogP contribution in [0.3, 0.4) is 0 Å². The topological polar surface area (TPSA) is 55.6 Å². The summed E-state index contributed by atoms with van der Waals surface area (Å²) in [5.41, 5.74) is 9.18. The fourth-order valence-electron chi connectivity index (χ4n) is 2.15. The Labute approximate surface area is 101 Å². The molecule has 0 spiro atoms. The van der Waals surface area contributed by atoms with Crippen molar-refractivity contribution in [3.63, 3.8) is 0 Å². The Kier molecular flexibility index (Phi) is 3.33. The molecule has 0 radical (unpaired) electrons. The normalized spacial score (nSPS) is 15.6. The van der Waals surface area contributed by atoms with Gasteiger partial charge in [0.2, 0.25) is 0 Å². The molecule has 4 heteroatoms. The maximum atomic E-state index is 11.6. The molecule has 0 unspecified atom stereocenters. The third kappa shape index (κ3) is 2.26. The number of carbonyl (C=O) groups excluding carboxylic acids is 1. The minimum atomic E-state index is -0.675. The molecule has 17 heavy (non-hydrogen) atoms. The van der Waals surface area contributed by atoms with Gasteiger partial charge in [0.25, 0.3) is 0 Å². The number of ether oxygens (including phenoxy) is 1. The molecule has 0 aromatic heterocycles. The number of likely N-dealkylation sites (N-methyl/N-ethyl adjacent to an activating group) is 1. The molecule has 1 aromatic carbocycles. The van der Waals surface area contributed by atoms with Crippen LogP contribution < -0.4 is 10.6 Å². The molecule has 1 atom stereocenters. The lowest BCUT2D eigenvalue weighted by atomic mass is 10.0.